The number of rotatable bonds is 8. The van der Waals surface area contributed by atoms with Gasteiger partial charge >= 0.3 is 0 Å². The average Bonchev–Trinajstić information content (AvgIpc) is 2.82. The molecule has 1 atom stereocenters. The van der Waals surface area contributed by atoms with Crippen molar-refractivity contribution in [3.63, 3.8) is 0 Å². The first-order valence-corrected chi connectivity index (χ1v) is 11.4. The Kier molecular flexibility index (Phi) is 7.54. The lowest BCUT2D eigenvalue weighted by molar-refractivity contribution is -0.123. The molecular weight excluding hydrogens is 418 g/mol. The molecule has 1 unspecified atom stereocenters. The Bertz CT molecular complexity index is 1110. The Morgan fingerprint density at radius 1 is 1.21 bits per heavy atom. The lowest BCUT2D eigenvalue weighted by atomic mass is 9.98. The van der Waals surface area contributed by atoms with Crippen molar-refractivity contribution in [2.45, 2.75) is 26.5 Å². The van der Waals surface area contributed by atoms with E-state index in [-0.39, 0.29) is 19.1 Å². The van der Waals surface area contributed by atoms with Gasteiger partial charge in [-0.15, -0.1) is 0 Å². The van der Waals surface area contributed by atoms with Crippen molar-refractivity contribution in [1.29, 1.82) is 0 Å². The predicted octanol–water partition coefficient (Wildman–Crippen LogP) is 2.92. The Labute approximate surface area is 194 Å². The van der Waals surface area contributed by atoms with Gasteiger partial charge in [0.1, 0.15) is 5.75 Å². The summed E-state index contributed by atoms with van der Waals surface area (Å²) in [6.07, 6.45) is -0.594. The fraction of sp³-hybridized carbons (Fsp3) is 0.385. The van der Waals surface area contributed by atoms with Crippen LogP contribution in [-0.4, -0.2) is 66.5 Å². The van der Waals surface area contributed by atoms with E-state index in [4.69, 9.17) is 9.47 Å². The molecule has 7 nitrogen and oxygen atoms in total. The maximum absolute atomic E-state index is 12.1. The number of para-hydroxylation sites is 1. The number of carbonyl (C=O) groups excluding carboxylic acids is 1. The van der Waals surface area contributed by atoms with Gasteiger partial charge in [0.25, 0.3) is 5.91 Å². The molecule has 0 bridgehead atoms. The zero-order valence-electron chi connectivity index (χ0n) is 19.2. The number of benzene rings is 2. The summed E-state index contributed by atoms with van der Waals surface area (Å²) in [5, 5.41) is 13.1. The molecule has 1 amide bonds. The number of amides is 1. The van der Waals surface area contributed by atoms with Crippen LogP contribution in [0.3, 0.4) is 0 Å². The zero-order valence-corrected chi connectivity index (χ0v) is 19.2. The number of nitrogens with one attached hydrogen (secondary N) is 1. The average molecular weight is 450 g/mol. The lowest BCUT2D eigenvalue weighted by Crippen LogP contribution is -2.36. The highest BCUT2D eigenvalue weighted by Gasteiger charge is 2.16. The minimum absolute atomic E-state index is 0.0977. The van der Waals surface area contributed by atoms with Crippen LogP contribution in [0, 0.1) is 6.92 Å². The number of aliphatic hydroxyl groups is 1. The third-order valence-corrected chi connectivity index (χ3v) is 5.67. The van der Waals surface area contributed by atoms with Crippen LogP contribution in [-0.2, 0) is 16.1 Å². The number of morpholine rings is 1. The molecule has 1 saturated heterocycles. The standard InChI is InChI=1S/C26H31N3O4/c1-18-13-23(22-5-3-4-6-24(22)28-18)20-7-8-25(33-17-26(31)27-15-19(2)30)21(14-20)16-29-9-11-32-12-10-29/h3-8,13-14,19,30H,9-12,15-17H2,1-2H3,(H,27,31). The van der Waals surface area contributed by atoms with Crippen LogP contribution in [0.15, 0.2) is 48.5 Å². The molecule has 1 fully saturated rings. The molecule has 174 valence electrons. The Morgan fingerprint density at radius 3 is 2.79 bits per heavy atom. The molecule has 0 saturated carbocycles. The third-order valence-electron chi connectivity index (χ3n) is 5.67. The number of pyridine rings is 1. The monoisotopic (exact) mass is 449 g/mol. The molecule has 33 heavy (non-hydrogen) atoms. The summed E-state index contributed by atoms with van der Waals surface area (Å²) in [4.78, 5) is 19.1. The predicted molar refractivity (Wildman–Crippen MR) is 128 cm³/mol. The van der Waals surface area contributed by atoms with E-state index in [2.05, 4.69) is 33.4 Å². The molecule has 0 spiro atoms. The first-order chi connectivity index (χ1) is 16.0. The van der Waals surface area contributed by atoms with Crippen molar-refractivity contribution in [3.8, 4) is 16.9 Å². The van der Waals surface area contributed by atoms with Gasteiger partial charge in [-0.1, -0.05) is 24.3 Å². The number of nitrogens with zero attached hydrogens (tertiary/aromatic N) is 2. The highest BCUT2D eigenvalue weighted by Crippen LogP contribution is 2.32. The topological polar surface area (TPSA) is 83.9 Å². The number of fused-ring (bicyclic) bond motifs is 1. The number of carbonyl (C=O) groups is 1. The summed E-state index contributed by atoms with van der Waals surface area (Å²) in [7, 11) is 0. The van der Waals surface area contributed by atoms with Gasteiger partial charge in [-0.05, 0) is 49.2 Å². The largest absolute Gasteiger partial charge is 0.483 e. The molecule has 2 aromatic carbocycles. The van der Waals surface area contributed by atoms with Crippen LogP contribution >= 0.6 is 0 Å². The summed E-state index contributed by atoms with van der Waals surface area (Å²) >= 11 is 0. The zero-order chi connectivity index (χ0) is 23.2. The smallest absolute Gasteiger partial charge is 0.258 e. The van der Waals surface area contributed by atoms with Crippen molar-refractivity contribution in [2.75, 3.05) is 39.5 Å². The van der Waals surface area contributed by atoms with Gasteiger partial charge in [-0.25, -0.2) is 0 Å². The molecule has 0 radical (unpaired) electrons. The molecule has 1 aliphatic rings. The van der Waals surface area contributed by atoms with Crippen LogP contribution in [0.4, 0.5) is 0 Å². The van der Waals surface area contributed by atoms with Crippen molar-refractivity contribution in [1.82, 2.24) is 15.2 Å². The molecule has 1 aromatic heterocycles. The SMILES string of the molecule is Cc1cc(-c2ccc(OCC(=O)NCC(C)O)c(CN3CCOCC3)c2)c2ccccc2n1. The molecule has 3 aromatic rings. The van der Waals surface area contributed by atoms with Gasteiger partial charge in [0.2, 0.25) is 0 Å². The Morgan fingerprint density at radius 2 is 2.00 bits per heavy atom. The summed E-state index contributed by atoms with van der Waals surface area (Å²) in [6.45, 7) is 7.60. The van der Waals surface area contributed by atoms with Crippen LogP contribution in [0.1, 0.15) is 18.2 Å². The van der Waals surface area contributed by atoms with Gasteiger partial charge in [0.05, 0.1) is 24.8 Å². The van der Waals surface area contributed by atoms with Crippen molar-refractivity contribution in [2.24, 2.45) is 0 Å². The fourth-order valence-corrected chi connectivity index (χ4v) is 4.01. The summed E-state index contributed by atoms with van der Waals surface area (Å²) in [6, 6.07) is 16.4. The van der Waals surface area contributed by atoms with Gasteiger partial charge < -0.3 is 19.9 Å². The van der Waals surface area contributed by atoms with E-state index in [1.807, 2.05) is 37.3 Å². The maximum Gasteiger partial charge on any atom is 0.258 e. The van der Waals surface area contributed by atoms with Gasteiger partial charge in [-0.2, -0.15) is 0 Å². The normalized spacial score (nSPS) is 15.4. The molecule has 0 aliphatic carbocycles. The van der Waals surface area contributed by atoms with Gasteiger partial charge in [-0.3, -0.25) is 14.7 Å². The van der Waals surface area contributed by atoms with E-state index in [9.17, 15) is 9.90 Å². The fourth-order valence-electron chi connectivity index (χ4n) is 4.01. The van der Waals surface area contributed by atoms with E-state index < -0.39 is 6.10 Å². The second-order valence-corrected chi connectivity index (χ2v) is 8.48. The molecule has 1 aliphatic heterocycles. The summed E-state index contributed by atoms with van der Waals surface area (Å²) < 4.78 is 11.4. The number of aromatic nitrogens is 1. The maximum atomic E-state index is 12.1. The minimum atomic E-state index is -0.594. The second-order valence-electron chi connectivity index (χ2n) is 8.48. The molecule has 7 heteroatoms. The second kappa shape index (κ2) is 10.7. The van der Waals surface area contributed by atoms with Crippen LogP contribution in [0.2, 0.25) is 0 Å². The summed E-state index contributed by atoms with van der Waals surface area (Å²) in [5.74, 6) is 0.431. The first-order valence-electron chi connectivity index (χ1n) is 11.4. The van der Waals surface area contributed by atoms with Crippen LogP contribution < -0.4 is 10.1 Å². The van der Waals surface area contributed by atoms with Crippen LogP contribution in [0.5, 0.6) is 5.75 Å². The molecule has 2 N–H and O–H groups in total. The first kappa shape index (κ1) is 23.2. The van der Waals surface area contributed by atoms with E-state index in [1.165, 1.54) is 0 Å². The van der Waals surface area contributed by atoms with Gasteiger partial charge in [0, 0.05) is 42.8 Å². The number of aryl methyl sites for hydroxylation is 1. The van der Waals surface area contributed by atoms with Crippen molar-refractivity contribution in [3.05, 3.63) is 59.8 Å². The molecular formula is C26H31N3O4. The van der Waals surface area contributed by atoms with E-state index in [1.54, 1.807) is 6.92 Å². The highest BCUT2D eigenvalue weighted by molar-refractivity contribution is 5.94. The Balaban J connectivity index is 1.63. The number of hydrogen-bond acceptors (Lipinski definition) is 6. The minimum Gasteiger partial charge on any atom is -0.483 e. The number of hydrogen-bond donors (Lipinski definition) is 2. The molecule has 4 rings (SSSR count). The molecule has 2 heterocycles. The number of ether oxygens (including phenoxy) is 2. The van der Waals surface area contributed by atoms with Crippen molar-refractivity contribution >= 4 is 16.8 Å². The van der Waals surface area contributed by atoms with Gasteiger partial charge in [0.15, 0.2) is 6.61 Å². The third kappa shape index (κ3) is 6.07. The van der Waals surface area contributed by atoms with E-state index >= 15 is 0 Å². The quantitative estimate of drug-likeness (QED) is 0.550. The lowest BCUT2D eigenvalue weighted by Gasteiger charge is -2.27. The van der Waals surface area contributed by atoms with E-state index in [0.717, 1.165) is 46.4 Å². The van der Waals surface area contributed by atoms with Crippen molar-refractivity contribution < 1.29 is 19.4 Å². The van der Waals surface area contributed by atoms with Crippen LogP contribution in [0.25, 0.3) is 22.0 Å². The highest BCUT2D eigenvalue weighted by atomic mass is 16.5. The summed E-state index contributed by atoms with van der Waals surface area (Å²) in [5.41, 5.74) is 5.18. The number of aliphatic hydroxyl groups excluding tert-OH is 1. The van der Waals surface area contributed by atoms with E-state index in [0.29, 0.717) is 25.5 Å². The Hall–Kier alpha value is -3.00.